The summed E-state index contributed by atoms with van der Waals surface area (Å²) in [6.45, 7) is 2.27. The third-order valence-electron chi connectivity index (χ3n) is 3.18. The molecule has 3 nitrogen and oxygen atoms in total. The van der Waals surface area contributed by atoms with Gasteiger partial charge in [0.25, 0.3) is 0 Å². The maximum absolute atomic E-state index is 13.1. The topological polar surface area (TPSA) is 41.8 Å². The molecule has 0 atom stereocenters. The molecule has 2 rings (SSSR count). The highest BCUT2D eigenvalue weighted by atomic mass is 19.1. The summed E-state index contributed by atoms with van der Waals surface area (Å²) in [5, 5.41) is 11.8. The van der Waals surface area contributed by atoms with Crippen LogP contribution in [0, 0.1) is 11.7 Å². The van der Waals surface area contributed by atoms with Crippen LogP contribution in [0.5, 0.6) is 5.75 Å². The highest BCUT2D eigenvalue weighted by Crippen LogP contribution is 2.28. The molecule has 0 bridgehead atoms. The molecule has 0 unspecified atom stereocenters. The molecule has 1 aliphatic rings. The summed E-state index contributed by atoms with van der Waals surface area (Å²) in [6, 6.07) is 4.26. The van der Waals surface area contributed by atoms with E-state index in [0.717, 1.165) is 0 Å². The zero-order valence-corrected chi connectivity index (χ0v) is 9.82. The fourth-order valence-electron chi connectivity index (χ4n) is 1.83. The molecule has 0 spiro atoms. The largest absolute Gasteiger partial charge is 0.493 e. The molecule has 0 saturated heterocycles. The van der Waals surface area contributed by atoms with Crippen molar-refractivity contribution >= 4 is 5.71 Å². The van der Waals surface area contributed by atoms with Gasteiger partial charge < -0.3 is 9.94 Å². The number of ether oxygens (including phenoxy) is 1. The molecule has 0 radical (unpaired) electrons. The first-order chi connectivity index (χ1) is 8.20. The first kappa shape index (κ1) is 11.9. The summed E-state index contributed by atoms with van der Waals surface area (Å²) in [6.07, 6.45) is 3.66. The van der Waals surface area contributed by atoms with Crippen LogP contribution in [0.3, 0.4) is 0 Å². The van der Waals surface area contributed by atoms with Gasteiger partial charge in [-0.1, -0.05) is 11.6 Å². The Bertz CT molecular complexity index is 427. The van der Waals surface area contributed by atoms with Crippen LogP contribution in [0.25, 0.3) is 0 Å². The summed E-state index contributed by atoms with van der Waals surface area (Å²) in [4.78, 5) is 0. The van der Waals surface area contributed by atoms with Gasteiger partial charge in [-0.25, -0.2) is 4.39 Å². The van der Waals surface area contributed by atoms with Crippen LogP contribution in [-0.2, 0) is 0 Å². The van der Waals surface area contributed by atoms with Gasteiger partial charge in [-0.2, -0.15) is 0 Å². The highest BCUT2D eigenvalue weighted by molar-refractivity contribution is 6.00. The lowest BCUT2D eigenvalue weighted by Crippen LogP contribution is -2.20. The van der Waals surface area contributed by atoms with E-state index < -0.39 is 0 Å². The number of halogens is 1. The van der Waals surface area contributed by atoms with Crippen LogP contribution in [0.4, 0.5) is 4.39 Å². The zero-order chi connectivity index (χ0) is 12.3. The molecule has 1 aromatic rings. The number of hydrogen-bond acceptors (Lipinski definition) is 3. The molecule has 1 fully saturated rings. The van der Waals surface area contributed by atoms with E-state index in [1.807, 2.05) is 0 Å². The van der Waals surface area contributed by atoms with E-state index in [1.54, 1.807) is 13.0 Å². The van der Waals surface area contributed by atoms with Gasteiger partial charge in [0.2, 0.25) is 0 Å². The van der Waals surface area contributed by atoms with Crippen LogP contribution in [-0.4, -0.2) is 17.5 Å². The van der Waals surface area contributed by atoms with Crippen LogP contribution in [0.2, 0.25) is 0 Å². The number of benzene rings is 1. The van der Waals surface area contributed by atoms with Gasteiger partial charge in [0.05, 0.1) is 12.3 Å². The Hall–Kier alpha value is -1.58. The van der Waals surface area contributed by atoms with Gasteiger partial charge in [-0.3, -0.25) is 0 Å². The van der Waals surface area contributed by atoms with Crippen molar-refractivity contribution in [3.05, 3.63) is 29.6 Å². The second-order valence-corrected chi connectivity index (χ2v) is 4.43. The Balaban J connectivity index is 2.13. The van der Waals surface area contributed by atoms with Gasteiger partial charge in [0.15, 0.2) is 0 Å². The van der Waals surface area contributed by atoms with Crippen LogP contribution in [0.15, 0.2) is 23.4 Å². The average molecular weight is 237 g/mol. The van der Waals surface area contributed by atoms with Gasteiger partial charge >= 0.3 is 0 Å². The second-order valence-electron chi connectivity index (χ2n) is 4.43. The molecule has 1 aromatic carbocycles. The van der Waals surface area contributed by atoms with Crippen molar-refractivity contribution < 1.29 is 14.3 Å². The van der Waals surface area contributed by atoms with Crippen LogP contribution in [0.1, 0.15) is 31.7 Å². The number of hydrogen-bond donors (Lipinski definition) is 1. The van der Waals surface area contributed by atoms with E-state index in [0.29, 0.717) is 29.5 Å². The van der Waals surface area contributed by atoms with E-state index >= 15 is 0 Å². The van der Waals surface area contributed by atoms with E-state index in [1.165, 1.54) is 31.4 Å². The number of oxime groups is 1. The third-order valence-corrected chi connectivity index (χ3v) is 3.18. The molecule has 0 heterocycles. The molecule has 0 aromatic heterocycles. The van der Waals surface area contributed by atoms with E-state index in [9.17, 15) is 4.39 Å². The minimum Gasteiger partial charge on any atom is -0.493 e. The fourth-order valence-corrected chi connectivity index (χ4v) is 1.83. The molecule has 1 saturated carbocycles. The quantitative estimate of drug-likeness (QED) is 0.496. The lowest BCUT2D eigenvalue weighted by molar-refractivity contribution is 0.180. The van der Waals surface area contributed by atoms with E-state index in [4.69, 9.17) is 9.94 Å². The molecule has 1 N–H and O–H groups in total. The van der Waals surface area contributed by atoms with Gasteiger partial charge in [-0.15, -0.1) is 0 Å². The highest BCUT2D eigenvalue weighted by Gasteiger charge is 2.19. The standard InChI is InChI=1S/C13H16FNO2/c1-9(15-16)12-7-11(14)5-6-13(12)17-8-10-3-2-4-10/h5-7,10,16H,2-4,8H2,1H3. The Kier molecular flexibility index (Phi) is 3.61. The fraction of sp³-hybridized carbons (Fsp3) is 0.462. The Morgan fingerprint density at radius 3 is 2.88 bits per heavy atom. The van der Waals surface area contributed by atoms with E-state index in [-0.39, 0.29) is 5.82 Å². The van der Waals surface area contributed by atoms with Crippen molar-refractivity contribution in [1.82, 2.24) is 0 Å². The summed E-state index contributed by atoms with van der Waals surface area (Å²) in [5.74, 6) is 0.826. The molecule has 0 amide bonds. The minimum atomic E-state index is -0.362. The molecule has 1 aliphatic carbocycles. The third kappa shape index (κ3) is 2.75. The summed E-state index contributed by atoms with van der Waals surface area (Å²) < 4.78 is 18.8. The smallest absolute Gasteiger partial charge is 0.128 e. The maximum Gasteiger partial charge on any atom is 0.128 e. The predicted octanol–water partition coefficient (Wildman–Crippen LogP) is 3.20. The summed E-state index contributed by atoms with van der Waals surface area (Å²) in [7, 11) is 0. The lowest BCUT2D eigenvalue weighted by atomic mass is 9.86. The number of nitrogens with zero attached hydrogens (tertiary/aromatic N) is 1. The van der Waals surface area contributed by atoms with Crippen molar-refractivity contribution in [3.8, 4) is 5.75 Å². The van der Waals surface area contributed by atoms with Gasteiger partial charge in [-0.05, 0) is 43.9 Å². The Morgan fingerprint density at radius 1 is 1.53 bits per heavy atom. The van der Waals surface area contributed by atoms with Gasteiger partial charge in [0.1, 0.15) is 11.6 Å². The van der Waals surface area contributed by atoms with Crippen LogP contribution >= 0.6 is 0 Å². The SMILES string of the molecule is CC(=NO)c1cc(F)ccc1OCC1CCC1. The Labute approximate surface area is 99.9 Å². The van der Waals surface area contributed by atoms with E-state index in [2.05, 4.69) is 5.16 Å². The number of rotatable bonds is 4. The minimum absolute atomic E-state index is 0.355. The molecule has 92 valence electrons. The maximum atomic E-state index is 13.1. The predicted molar refractivity (Wildman–Crippen MR) is 63.2 cm³/mol. The molecule has 4 heteroatoms. The first-order valence-electron chi connectivity index (χ1n) is 5.82. The normalized spacial score (nSPS) is 16.7. The van der Waals surface area contributed by atoms with Crippen molar-refractivity contribution in [1.29, 1.82) is 0 Å². The average Bonchev–Trinajstić information content (AvgIpc) is 2.27. The summed E-state index contributed by atoms with van der Waals surface area (Å²) >= 11 is 0. The van der Waals surface area contributed by atoms with Crippen LogP contribution < -0.4 is 4.74 Å². The Morgan fingerprint density at radius 2 is 2.29 bits per heavy atom. The first-order valence-corrected chi connectivity index (χ1v) is 5.82. The lowest BCUT2D eigenvalue weighted by Gasteiger charge is -2.25. The molecule has 0 aliphatic heterocycles. The van der Waals surface area contributed by atoms with Crippen molar-refractivity contribution in [2.75, 3.05) is 6.61 Å². The van der Waals surface area contributed by atoms with Crippen molar-refractivity contribution in [3.63, 3.8) is 0 Å². The monoisotopic (exact) mass is 237 g/mol. The second kappa shape index (κ2) is 5.17. The molecular weight excluding hydrogens is 221 g/mol. The summed E-state index contributed by atoms with van der Waals surface area (Å²) in [5.41, 5.74) is 0.861. The van der Waals surface area contributed by atoms with Crippen molar-refractivity contribution in [2.24, 2.45) is 11.1 Å². The van der Waals surface area contributed by atoms with Crippen molar-refractivity contribution in [2.45, 2.75) is 26.2 Å². The molecule has 17 heavy (non-hydrogen) atoms. The van der Waals surface area contributed by atoms with Gasteiger partial charge in [0, 0.05) is 5.56 Å². The molecular formula is C13H16FNO2. The zero-order valence-electron chi connectivity index (χ0n) is 9.82.